The average molecular weight is 117 g/mol. The van der Waals surface area contributed by atoms with E-state index in [2.05, 4.69) is 6.92 Å². The third kappa shape index (κ3) is 4.09. The molecule has 0 radical (unpaired) electrons. The summed E-state index contributed by atoms with van der Waals surface area (Å²) in [6.45, 7) is 5.51. The third-order valence-electron chi connectivity index (χ3n) is 1.06. The quantitative estimate of drug-likeness (QED) is 0.590. The van der Waals surface area contributed by atoms with Crippen LogP contribution in [-0.4, -0.2) is 19.3 Å². The van der Waals surface area contributed by atoms with Crippen molar-refractivity contribution in [1.29, 1.82) is 0 Å². The second-order valence-corrected chi connectivity index (χ2v) is 1.83. The fourth-order valence-electron chi connectivity index (χ4n) is 0.387. The van der Waals surface area contributed by atoms with Gasteiger partial charge in [-0.3, -0.25) is 0 Å². The molecule has 0 aromatic rings. The summed E-state index contributed by atoms with van der Waals surface area (Å²) in [5.41, 5.74) is 5.53. The van der Waals surface area contributed by atoms with E-state index in [0.29, 0.717) is 6.61 Å². The second kappa shape index (κ2) is 5.06. The van der Waals surface area contributed by atoms with Gasteiger partial charge in [0.2, 0.25) is 0 Å². The third-order valence-corrected chi connectivity index (χ3v) is 1.06. The maximum atomic E-state index is 5.53. The smallest absolute Gasteiger partial charge is 0.0617 e. The van der Waals surface area contributed by atoms with Gasteiger partial charge in [-0.1, -0.05) is 6.92 Å². The van der Waals surface area contributed by atoms with Crippen molar-refractivity contribution in [3.63, 3.8) is 0 Å². The normalized spacial score (nSPS) is 13.9. The van der Waals surface area contributed by atoms with Crippen molar-refractivity contribution in [2.24, 2.45) is 5.73 Å². The van der Waals surface area contributed by atoms with Crippen LogP contribution in [0.5, 0.6) is 0 Å². The summed E-state index contributed by atoms with van der Waals surface area (Å²) in [5.74, 6) is 0. The molecule has 0 aliphatic rings. The van der Waals surface area contributed by atoms with Gasteiger partial charge in [-0.15, -0.1) is 0 Å². The molecule has 0 spiro atoms. The van der Waals surface area contributed by atoms with Crippen LogP contribution in [-0.2, 0) is 4.74 Å². The standard InChI is InChI=1S/C6H15NO/c1-3-6(7)5-8-4-2/h6H,3-5,7H2,1-2H3. The lowest BCUT2D eigenvalue weighted by Crippen LogP contribution is -2.24. The zero-order chi connectivity index (χ0) is 6.41. The van der Waals surface area contributed by atoms with Crippen molar-refractivity contribution in [1.82, 2.24) is 0 Å². The highest BCUT2D eigenvalue weighted by atomic mass is 16.5. The van der Waals surface area contributed by atoms with E-state index in [9.17, 15) is 0 Å². The molecular weight excluding hydrogens is 102 g/mol. The first kappa shape index (κ1) is 7.92. The van der Waals surface area contributed by atoms with Gasteiger partial charge >= 0.3 is 0 Å². The van der Waals surface area contributed by atoms with E-state index in [4.69, 9.17) is 10.5 Å². The van der Waals surface area contributed by atoms with Crippen molar-refractivity contribution >= 4 is 0 Å². The first-order valence-corrected chi connectivity index (χ1v) is 3.14. The minimum absolute atomic E-state index is 0.231. The predicted octanol–water partition coefficient (Wildman–Crippen LogP) is 0.760. The van der Waals surface area contributed by atoms with E-state index >= 15 is 0 Å². The molecule has 2 nitrogen and oxygen atoms in total. The molecule has 0 aliphatic heterocycles. The topological polar surface area (TPSA) is 35.2 Å². The molecule has 0 aromatic carbocycles. The SMILES string of the molecule is CCOCC(N)CC. The molecule has 8 heavy (non-hydrogen) atoms. The van der Waals surface area contributed by atoms with Crippen molar-refractivity contribution < 1.29 is 4.74 Å². The van der Waals surface area contributed by atoms with E-state index in [0.717, 1.165) is 13.0 Å². The van der Waals surface area contributed by atoms with Crippen molar-refractivity contribution in [3.05, 3.63) is 0 Å². The van der Waals surface area contributed by atoms with E-state index < -0.39 is 0 Å². The van der Waals surface area contributed by atoms with E-state index in [-0.39, 0.29) is 6.04 Å². The van der Waals surface area contributed by atoms with Gasteiger partial charge in [-0.2, -0.15) is 0 Å². The minimum Gasteiger partial charge on any atom is -0.380 e. The van der Waals surface area contributed by atoms with Crippen LogP contribution in [0.15, 0.2) is 0 Å². The largest absolute Gasteiger partial charge is 0.380 e. The lowest BCUT2D eigenvalue weighted by Gasteiger charge is -2.06. The highest BCUT2D eigenvalue weighted by Crippen LogP contribution is 1.85. The Bertz CT molecular complexity index is 47.8. The van der Waals surface area contributed by atoms with Crippen LogP contribution in [0.25, 0.3) is 0 Å². The van der Waals surface area contributed by atoms with Crippen molar-refractivity contribution in [3.8, 4) is 0 Å². The Morgan fingerprint density at radius 3 is 2.50 bits per heavy atom. The van der Waals surface area contributed by atoms with Crippen LogP contribution >= 0.6 is 0 Å². The Morgan fingerprint density at radius 2 is 2.12 bits per heavy atom. The molecule has 50 valence electrons. The maximum absolute atomic E-state index is 5.53. The van der Waals surface area contributed by atoms with Gasteiger partial charge in [0.1, 0.15) is 0 Å². The predicted molar refractivity (Wildman–Crippen MR) is 34.8 cm³/mol. The molecule has 2 N–H and O–H groups in total. The van der Waals surface area contributed by atoms with Gasteiger partial charge in [0.05, 0.1) is 6.61 Å². The Labute approximate surface area is 51.0 Å². The van der Waals surface area contributed by atoms with Crippen LogP contribution < -0.4 is 5.73 Å². The number of ether oxygens (including phenoxy) is 1. The molecule has 0 saturated heterocycles. The first-order valence-electron chi connectivity index (χ1n) is 3.14. The summed E-state index contributed by atoms with van der Waals surface area (Å²) in [6, 6.07) is 0.231. The summed E-state index contributed by atoms with van der Waals surface area (Å²) in [4.78, 5) is 0. The molecule has 0 aromatic heterocycles. The minimum atomic E-state index is 0.231. The summed E-state index contributed by atoms with van der Waals surface area (Å²) in [6.07, 6.45) is 1.00. The lowest BCUT2D eigenvalue weighted by molar-refractivity contribution is 0.132. The zero-order valence-electron chi connectivity index (χ0n) is 5.68. The fourth-order valence-corrected chi connectivity index (χ4v) is 0.387. The van der Waals surface area contributed by atoms with Crippen LogP contribution in [0.1, 0.15) is 20.3 Å². The van der Waals surface area contributed by atoms with E-state index in [1.165, 1.54) is 0 Å². The van der Waals surface area contributed by atoms with Crippen molar-refractivity contribution in [2.45, 2.75) is 26.3 Å². The Kier molecular flexibility index (Phi) is 5.01. The highest BCUT2D eigenvalue weighted by molar-refractivity contribution is 4.54. The van der Waals surface area contributed by atoms with Crippen molar-refractivity contribution in [2.75, 3.05) is 13.2 Å². The molecule has 1 unspecified atom stereocenters. The van der Waals surface area contributed by atoms with Gasteiger partial charge in [0.15, 0.2) is 0 Å². The molecule has 0 rings (SSSR count). The average Bonchev–Trinajstić information content (AvgIpc) is 1.83. The summed E-state index contributed by atoms with van der Waals surface area (Å²) >= 11 is 0. The van der Waals surface area contributed by atoms with Gasteiger partial charge in [0, 0.05) is 12.6 Å². The van der Waals surface area contributed by atoms with Gasteiger partial charge in [0.25, 0.3) is 0 Å². The van der Waals surface area contributed by atoms with Crippen LogP contribution in [0.3, 0.4) is 0 Å². The van der Waals surface area contributed by atoms with Gasteiger partial charge in [-0.05, 0) is 13.3 Å². The molecule has 0 aliphatic carbocycles. The number of nitrogens with two attached hydrogens (primary N) is 1. The lowest BCUT2D eigenvalue weighted by atomic mass is 10.3. The molecule has 1 atom stereocenters. The zero-order valence-corrected chi connectivity index (χ0v) is 5.68. The molecular formula is C6H15NO. The van der Waals surface area contributed by atoms with Gasteiger partial charge in [-0.25, -0.2) is 0 Å². The fraction of sp³-hybridized carbons (Fsp3) is 1.00. The Hall–Kier alpha value is -0.0800. The molecule has 2 heteroatoms. The number of hydrogen-bond acceptors (Lipinski definition) is 2. The molecule has 0 bridgehead atoms. The molecule has 0 fully saturated rings. The summed E-state index contributed by atoms with van der Waals surface area (Å²) < 4.78 is 5.06. The first-order chi connectivity index (χ1) is 3.81. The summed E-state index contributed by atoms with van der Waals surface area (Å²) in [5, 5.41) is 0. The monoisotopic (exact) mass is 117 g/mol. The van der Waals surface area contributed by atoms with Crippen LogP contribution in [0, 0.1) is 0 Å². The summed E-state index contributed by atoms with van der Waals surface area (Å²) in [7, 11) is 0. The Morgan fingerprint density at radius 1 is 1.50 bits per heavy atom. The van der Waals surface area contributed by atoms with E-state index in [1.807, 2.05) is 6.92 Å². The molecule has 0 saturated carbocycles. The second-order valence-electron chi connectivity index (χ2n) is 1.83. The highest BCUT2D eigenvalue weighted by Gasteiger charge is 1.94. The molecule has 0 heterocycles. The Balaban J connectivity index is 2.86. The van der Waals surface area contributed by atoms with E-state index in [1.54, 1.807) is 0 Å². The molecule has 0 amide bonds. The van der Waals surface area contributed by atoms with Gasteiger partial charge < -0.3 is 10.5 Å². The maximum Gasteiger partial charge on any atom is 0.0617 e. The number of hydrogen-bond donors (Lipinski definition) is 1. The van der Waals surface area contributed by atoms with Crippen LogP contribution in [0.4, 0.5) is 0 Å². The van der Waals surface area contributed by atoms with Crippen LogP contribution in [0.2, 0.25) is 0 Å². The number of rotatable bonds is 4.